The molecule has 0 unspecified atom stereocenters. The van der Waals surface area contributed by atoms with Gasteiger partial charge in [0.25, 0.3) is 0 Å². The zero-order valence-electron chi connectivity index (χ0n) is 16.8. The van der Waals surface area contributed by atoms with Crippen LogP contribution in [-0.4, -0.2) is 39.9 Å². The summed E-state index contributed by atoms with van der Waals surface area (Å²) < 4.78 is 40.7. The summed E-state index contributed by atoms with van der Waals surface area (Å²) in [6.07, 6.45) is 0. The molecule has 30 heavy (non-hydrogen) atoms. The largest absolute Gasteiger partial charge is 0.495 e. The number of aryl methyl sites for hydroxylation is 1. The van der Waals surface area contributed by atoms with Crippen molar-refractivity contribution in [1.82, 2.24) is 5.12 Å². The molecular formula is C18H24ClN5O5S. The van der Waals surface area contributed by atoms with Crippen LogP contribution in [0.5, 0.6) is 17.2 Å². The summed E-state index contributed by atoms with van der Waals surface area (Å²) >= 11 is 5.88. The molecule has 2 aromatic carbocycles. The Morgan fingerprint density at radius 1 is 1.27 bits per heavy atom. The van der Waals surface area contributed by atoms with Crippen LogP contribution < -0.4 is 25.2 Å². The molecular weight excluding hydrogens is 434 g/mol. The fourth-order valence-electron chi connectivity index (χ4n) is 2.11. The zero-order chi connectivity index (χ0) is 22.9. The highest BCUT2D eigenvalue weighted by Gasteiger charge is 2.23. The van der Waals surface area contributed by atoms with Gasteiger partial charge in [0, 0.05) is 17.8 Å². The molecule has 0 fully saturated rings. The Hall–Kier alpha value is -3.02. The second kappa shape index (κ2) is 11.2. The van der Waals surface area contributed by atoms with Crippen LogP contribution in [0.1, 0.15) is 12.5 Å². The summed E-state index contributed by atoms with van der Waals surface area (Å²) in [5, 5.41) is 10.6. The molecule has 0 amide bonds. The number of nitrogens with zero attached hydrogens (tertiary/aromatic N) is 2. The highest BCUT2D eigenvalue weighted by atomic mass is 35.5. The minimum absolute atomic E-state index is 0.132. The maximum absolute atomic E-state index is 12.5. The van der Waals surface area contributed by atoms with E-state index in [1.165, 1.54) is 25.3 Å². The average Bonchev–Trinajstić information content (AvgIpc) is 2.67. The van der Waals surface area contributed by atoms with Crippen LogP contribution in [0.3, 0.4) is 0 Å². The van der Waals surface area contributed by atoms with Crippen LogP contribution in [0.15, 0.2) is 46.4 Å². The van der Waals surface area contributed by atoms with Crippen LogP contribution in [0.4, 0.5) is 0 Å². The van der Waals surface area contributed by atoms with Crippen LogP contribution in [0.2, 0.25) is 5.02 Å². The fourth-order valence-corrected chi connectivity index (χ4v) is 3.45. The highest BCUT2D eigenvalue weighted by Crippen LogP contribution is 2.31. The van der Waals surface area contributed by atoms with E-state index in [-0.39, 0.29) is 27.4 Å². The van der Waals surface area contributed by atoms with Gasteiger partial charge >= 0.3 is 10.1 Å². The van der Waals surface area contributed by atoms with Crippen molar-refractivity contribution in [2.45, 2.75) is 18.7 Å². The summed E-state index contributed by atoms with van der Waals surface area (Å²) in [5.74, 6) is 5.41. The SMILES string of the molecule is C=NN(N)C(=N)N.CCOc1cc(C)cc(OS(=O)(=O)c2cc(Cl)ccc2OC)c1. The molecule has 12 heteroatoms. The fraction of sp³-hybridized carbons (Fsp3) is 0.222. The van der Waals surface area contributed by atoms with Gasteiger partial charge in [-0.15, -0.1) is 0 Å². The van der Waals surface area contributed by atoms with Crippen molar-refractivity contribution in [3.05, 3.63) is 47.0 Å². The van der Waals surface area contributed by atoms with Gasteiger partial charge in [-0.3, -0.25) is 5.41 Å². The molecule has 0 aromatic heterocycles. The van der Waals surface area contributed by atoms with Gasteiger partial charge in [0.15, 0.2) is 0 Å². The molecule has 164 valence electrons. The summed E-state index contributed by atoms with van der Waals surface area (Å²) in [4.78, 5) is -0.132. The molecule has 5 N–H and O–H groups in total. The number of ether oxygens (including phenoxy) is 2. The number of benzene rings is 2. The number of nitrogens with one attached hydrogen (secondary N) is 1. The number of hydrazone groups is 1. The first-order chi connectivity index (χ1) is 14.0. The molecule has 0 heterocycles. The van der Waals surface area contributed by atoms with E-state index in [0.29, 0.717) is 17.5 Å². The van der Waals surface area contributed by atoms with Crippen molar-refractivity contribution in [3.63, 3.8) is 0 Å². The highest BCUT2D eigenvalue weighted by molar-refractivity contribution is 7.87. The lowest BCUT2D eigenvalue weighted by Gasteiger charge is -2.12. The summed E-state index contributed by atoms with van der Waals surface area (Å²) in [5.41, 5.74) is 5.62. The first-order valence-corrected chi connectivity index (χ1v) is 10.2. The minimum Gasteiger partial charge on any atom is -0.495 e. The number of methoxy groups -OCH3 is 1. The number of hydrazine groups is 1. The van der Waals surface area contributed by atoms with Gasteiger partial charge in [-0.2, -0.15) is 18.6 Å². The van der Waals surface area contributed by atoms with Crippen LogP contribution in [-0.2, 0) is 10.1 Å². The molecule has 0 aliphatic rings. The van der Waals surface area contributed by atoms with E-state index in [2.05, 4.69) is 11.8 Å². The Morgan fingerprint density at radius 3 is 2.40 bits per heavy atom. The number of hydrogen-bond donors (Lipinski definition) is 3. The molecule has 0 aliphatic heterocycles. The first-order valence-electron chi connectivity index (χ1n) is 8.42. The van der Waals surface area contributed by atoms with Crippen molar-refractivity contribution >= 4 is 34.4 Å². The lowest BCUT2D eigenvalue weighted by Crippen LogP contribution is -2.37. The number of rotatable bonds is 7. The maximum Gasteiger partial charge on any atom is 0.342 e. The monoisotopic (exact) mass is 457 g/mol. The van der Waals surface area contributed by atoms with E-state index in [4.69, 9.17) is 42.2 Å². The molecule has 0 radical (unpaired) electrons. The van der Waals surface area contributed by atoms with Gasteiger partial charge in [-0.1, -0.05) is 11.6 Å². The average molecular weight is 458 g/mol. The van der Waals surface area contributed by atoms with Crippen LogP contribution in [0.25, 0.3) is 0 Å². The van der Waals surface area contributed by atoms with E-state index >= 15 is 0 Å². The Balaban J connectivity index is 0.000000553. The van der Waals surface area contributed by atoms with Gasteiger partial charge < -0.3 is 19.4 Å². The number of guanidine groups is 1. The van der Waals surface area contributed by atoms with E-state index in [1.807, 2.05) is 13.8 Å². The van der Waals surface area contributed by atoms with Crippen molar-refractivity contribution in [3.8, 4) is 17.2 Å². The number of nitrogens with two attached hydrogens (primary N) is 2. The van der Waals surface area contributed by atoms with Gasteiger partial charge in [0.05, 0.1) is 13.7 Å². The standard InChI is InChI=1S/C16H17ClO5S.C2H7N5/c1-4-21-13-7-11(2)8-14(10-13)22-23(18,19)16-9-12(17)5-6-15(16)20-3;1-6-7(5)2(3)4/h5-10H,4H2,1-3H3;1,5H2,(H3,3,4). The lowest BCUT2D eigenvalue weighted by molar-refractivity contribution is 0.338. The van der Waals surface area contributed by atoms with Gasteiger partial charge in [0.1, 0.15) is 22.1 Å². The molecule has 10 nitrogen and oxygen atoms in total. The van der Waals surface area contributed by atoms with E-state index in [0.717, 1.165) is 5.56 Å². The summed E-state index contributed by atoms with van der Waals surface area (Å²) in [7, 11) is -2.71. The molecule has 0 saturated carbocycles. The topological polar surface area (TPSA) is 153 Å². The third-order valence-corrected chi connectivity index (χ3v) is 4.84. The lowest BCUT2D eigenvalue weighted by atomic mass is 10.2. The molecule has 0 aliphatic carbocycles. The Kier molecular flexibility index (Phi) is 9.37. The normalized spacial score (nSPS) is 10.3. The Labute approximate surface area is 180 Å². The molecule has 0 bridgehead atoms. The second-order valence-electron chi connectivity index (χ2n) is 5.62. The molecule has 2 rings (SSSR count). The van der Waals surface area contributed by atoms with Gasteiger partial charge in [0.2, 0.25) is 5.96 Å². The quantitative estimate of drug-likeness (QED) is 0.188. The maximum atomic E-state index is 12.5. The second-order valence-corrected chi connectivity index (χ2v) is 7.57. The number of halogens is 1. The Morgan fingerprint density at radius 2 is 1.90 bits per heavy atom. The first kappa shape index (κ1) is 25.0. The van der Waals surface area contributed by atoms with E-state index in [1.54, 1.807) is 18.2 Å². The number of hydrogen-bond acceptors (Lipinski definition) is 8. The van der Waals surface area contributed by atoms with Crippen molar-refractivity contribution in [2.24, 2.45) is 16.7 Å². The van der Waals surface area contributed by atoms with E-state index < -0.39 is 10.1 Å². The minimum atomic E-state index is -4.09. The van der Waals surface area contributed by atoms with Gasteiger partial charge in [-0.05, 0) is 49.7 Å². The summed E-state index contributed by atoms with van der Waals surface area (Å²) in [6.45, 7) is 7.15. The predicted octanol–water partition coefficient (Wildman–Crippen LogP) is 2.49. The zero-order valence-corrected chi connectivity index (χ0v) is 18.3. The van der Waals surface area contributed by atoms with Crippen molar-refractivity contribution in [1.29, 1.82) is 5.41 Å². The third-order valence-electron chi connectivity index (χ3n) is 3.34. The summed E-state index contributed by atoms with van der Waals surface area (Å²) in [6, 6.07) is 9.22. The molecule has 0 spiro atoms. The van der Waals surface area contributed by atoms with Crippen LogP contribution in [0, 0.1) is 12.3 Å². The molecule has 0 saturated heterocycles. The predicted molar refractivity (Wildman–Crippen MR) is 116 cm³/mol. The van der Waals surface area contributed by atoms with Crippen LogP contribution >= 0.6 is 11.6 Å². The smallest absolute Gasteiger partial charge is 0.342 e. The molecule has 0 atom stereocenters. The van der Waals surface area contributed by atoms with Crippen molar-refractivity contribution < 1.29 is 22.1 Å². The molecule has 2 aromatic rings. The third kappa shape index (κ3) is 7.43. The van der Waals surface area contributed by atoms with Gasteiger partial charge in [-0.25, -0.2) is 5.84 Å². The van der Waals surface area contributed by atoms with Crippen molar-refractivity contribution in [2.75, 3.05) is 13.7 Å². The Bertz CT molecular complexity index is 1000. The van der Waals surface area contributed by atoms with E-state index in [9.17, 15) is 8.42 Å².